The van der Waals surface area contributed by atoms with Crippen LogP contribution in [0.25, 0.3) is 0 Å². The van der Waals surface area contributed by atoms with Gasteiger partial charge in [0.15, 0.2) is 0 Å². The first-order valence-electron chi connectivity index (χ1n) is 36.5. The van der Waals surface area contributed by atoms with Gasteiger partial charge in [0.25, 0.3) is 0 Å². The second kappa shape index (κ2) is 64.9. The molecule has 0 saturated heterocycles. The molecule has 0 aromatic rings. The van der Waals surface area contributed by atoms with Crippen LogP contribution < -0.4 is 5.32 Å². The van der Waals surface area contributed by atoms with Gasteiger partial charge in [0.05, 0.1) is 39.9 Å². The SMILES string of the molecule is CC/C=C\C/C=C\C/C=C\C/C=C\CCCCCCCCCCCCCCCCCCCCCCCCCCCCCCC(=O)NC(COP(=O)(O)OCC[N+](C)(C)C)C(O)CCCCCCCCCCCCCCCCCCCCCC. The van der Waals surface area contributed by atoms with Crippen LogP contribution in [0.2, 0.25) is 0 Å². The Morgan fingerprint density at radius 1 is 0.422 bits per heavy atom. The number of unbranched alkanes of at least 4 members (excludes halogenated alkanes) is 47. The topological polar surface area (TPSA) is 105 Å². The second-order valence-corrected chi connectivity index (χ2v) is 27.8. The van der Waals surface area contributed by atoms with Crippen molar-refractivity contribution in [3.05, 3.63) is 48.6 Å². The van der Waals surface area contributed by atoms with Crippen LogP contribution in [0.3, 0.4) is 0 Å². The summed E-state index contributed by atoms with van der Waals surface area (Å²) < 4.78 is 23.9. The summed E-state index contributed by atoms with van der Waals surface area (Å²) in [6.07, 6.45) is 88.1. The predicted molar refractivity (Wildman–Crippen MR) is 364 cm³/mol. The number of phosphoric acid groups is 1. The van der Waals surface area contributed by atoms with Gasteiger partial charge in [0.2, 0.25) is 5.91 Å². The van der Waals surface area contributed by atoms with Gasteiger partial charge in [-0.2, -0.15) is 0 Å². The Kier molecular flexibility index (Phi) is 63.7. The summed E-state index contributed by atoms with van der Waals surface area (Å²) in [5, 5.41) is 14.1. The fourth-order valence-electron chi connectivity index (χ4n) is 11.2. The number of quaternary nitrogens is 1. The molecule has 0 heterocycles. The summed E-state index contributed by atoms with van der Waals surface area (Å²) in [4.78, 5) is 23.5. The summed E-state index contributed by atoms with van der Waals surface area (Å²) in [6.45, 7) is 4.83. The molecule has 3 atom stereocenters. The fourth-order valence-corrected chi connectivity index (χ4v) is 12.0. The van der Waals surface area contributed by atoms with Crippen LogP contribution in [0.5, 0.6) is 0 Å². The number of rotatable bonds is 68. The number of hydrogen-bond acceptors (Lipinski definition) is 5. The molecule has 0 saturated carbocycles. The zero-order valence-corrected chi connectivity index (χ0v) is 57.1. The van der Waals surface area contributed by atoms with Crippen molar-refractivity contribution in [2.45, 2.75) is 379 Å². The zero-order valence-electron chi connectivity index (χ0n) is 56.2. The molecule has 0 bridgehead atoms. The number of aliphatic hydroxyl groups excluding tert-OH is 1. The number of carbonyl (C=O) groups is 1. The molecule has 0 aliphatic carbocycles. The first kappa shape index (κ1) is 81.5. The van der Waals surface area contributed by atoms with E-state index in [0.717, 1.165) is 64.2 Å². The van der Waals surface area contributed by atoms with E-state index in [2.05, 4.69) is 67.8 Å². The molecule has 490 valence electrons. The van der Waals surface area contributed by atoms with Gasteiger partial charge in [-0.15, -0.1) is 0 Å². The molecule has 9 heteroatoms. The monoisotopic (exact) mass is 1190 g/mol. The number of aliphatic hydroxyl groups is 1. The number of phosphoric ester groups is 1. The third kappa shape index (κ3) is 67.8. The second-order valence-electron chi connectivity index (χ2n) is 26.3. The largest absolute Gasteiger partial charge is 0.472 e. The van der Waals surface area contributed by atoms with Crippen molar-refractivity contribution in [3.63, 3.8) is 0 Å². The van der Waals surface area contributed by atoms with E-state index >= 15 is 0 Å². The number of carbonyl (C=O) groups excluding carboxylic acids is 1. The highest BCUT2D eigenvalue weighted by Gasteiger charge is 2.28. The third-order valence-corrected chi connectivity index (χ3v) is 17.8. The van der Waals surface area contributed by atoms with E-state index in [-0.39, 0.29) is 19.1 Å². The van der Waals surface area contributed by atoms with Crippen molar-refractivity contribution in [2.75, 3.05) is 40.9 Å². The quantitative estimate of drug-likeness (QED) is 0.0243. The van der Waals surface area contributed by atoms with Gasteiger partial charge in [0.1, 0.15) is 13.2 Å². The Morgan fingerprint density at radius 2 is 0.723 bits per heavy atom. The lowest BCUT2D eigenvalue weighted by Gasteiger charge is -2.26. The molecule has 0 rings (SSSR count). The number of allylic oxidation sites excluding steroid dienone is 8. The average molecular weight is 1190 g/mol. The lowest BCUT2D eigenvalue weighted by molar-refractivity contribution is -0.870. The molecule has 8 nitrogen and oxygen atoms in total. The molecule has 3 N–H and O–H groups in total. The van der Waals surface area contributed by atoms with Gasteiger partial charge in [-0.25, -0.2) is 4.57 Å². The number of likely N-dealkylation sites (N-methyl/N-ethyl adjacent to an activating group) is 1. The summed E-state index contributed by atoms with van der Waals surface area (Å²) in [6, 6.07) is -0.759. The van der Waals surface area contributed by atoms with Crippen molar-refractivity contribution in [1.29, 1.82) is 0 Å². The van der Waals surface area contributed by atoms with Crippen molar-refractivity contribution in [1.82, 2.24) is 5.32 Å². The predicted octanol–water partition coefficient (Wildman–Crippen LogP) is 23.4. The number of hydrogen-bond donors (Lipinski definition) is 3. The normalized spacial score (nSPS) is 13.9. The van der Waals surface area contributed by atoms with Gasteiger partial charge in [-0.05, 0) is 51.4 Å². The molecule has 83 heavy (non-hydrogen) atoms. The molecular formula is C74H144N2O6P+. The summed E-state index contributed by atoms with van der Waals surface area (Å²) in [5.74, 6) is -0.136. The Bertz CT molecular complexity index is 1490. The molecule has 3 unspecified atom stereocenters. The third-order valence-electron chi connectivity index (χ3n) is 16.8. The standard InChI is InChI=1S/C74H143N2O6P/c1-6-8-10-12-14-16-18-20-22-24-26-28-29-30-31-32-33-34-35-36-37-38-39-40-41-42-43-44-45-46-47-48-50-52-54-56-58-60-62-64-66-68-74(78)75-72(71-82-83(79,80)81-70-69-76(3,4)5)73(77)67-65-63-61-59-57-55-53-51-49-27-25-23-21-19-17-15-13-11-9-7-2/h8,10,14,16,20,22,26,28,72-73,77H,6-7,9,11-13,15,17-19,21,23-25,27,29-71H2,1-5H3,(H-,75,78,79,80)/p+1/b10-8-,16-14-,22-20-,28-26-. The van der Waals surface area contributed by atoms with E-state index in [1.165, 1.54) is 276 Å². The lowest BCUT2D eigenvalue weighted by Crippen LogP contribution is -2.46. The maximum Gasteiger partial charge on any atom is 0.472 e. The van der Waals surface area contributed by atoms with E-state index in [1.54, 1.807) is 0 Å². The van der Waals surface area contributed by atoms with Crippen LogP contribution in [0.4, 0.5) is 0 Å². The van der Waals surface area contributed by atoms with E-state index in [1.807, 2.05) is 21.1 Å². The molecule has 0 aliphatic heterocycles. The minimum atomic E-state index is -4.33. The molecule has 0 aliphatic rings. The van der Waals surface area contributed by atoms with Crippen molar-refractivity contribution in [2.24, 2.45) is 0 Å². The van der Waals surface area contributed by atoms with Gasteiger partial charge in [-0.3, -0.25) is 13.8 Å². The summed E-state index contributed by atoms with van der Waals surface area (Å²) in [7, 11) is 1.64. The van der Waals surface area contributed by atoms with Crippen LogP contribution >= 0.6 is 7.82 Å². The number of nitrogens with one attached hydrogen (secondary N) is 1. The van der Waals surface area contributed by atoms with Crippen molar-refractivity contribution in [3.8, 4) is 0 Å². The van der Waals surface area contributed by atoms with Crippen LogP contribution in [-0.4, -0.2) is 73.4 Å². The van der Waals surface area contributed by atoms with Gasteiger partial charge in [0, 0.05) is 6.42 Å². The van der Waals surface area contributed by atoms with Crippen molar-refractivity contribution < 1.29 is 32.9 Å². The molecule has 0 spiro atoms. The first-order valence-corrected chi connectivity index (χ1v) is 38.0. The molecule has 0 fully saturated rings. The fraction of sp³-hybridized carbons (Fsp3) is 0.878. The Hall–Kier alpha value is -1.54. The van der Waals surface area contributed by atoms with E-state index in [9.17, 15) is 19.4 Å². The molecular weight excluding hydrogens is 1040 g/mol. The highest BCUT2D eigenvalue weighted by molar-refractivity contribution is 7.47. The van der Waals surface area contributed by atoms with Crippen LogP contribution in [0.1, 0.15) is 367 Å². The van der Waals surface area contributed by atoms with Crippen LogP contribution in [0, 0.1) is 0 Å². The molecule has 0 aromatic heterocycles. The smallest absolute Gasteiger partial charge is 0.391 e. The van der Waals surface area contributed by atoms with E-state index < -0.39 is 20.0 Å². The van der Waals surface area contributed by atoms with E-state index in [4.69, 9.17) is 9.05 Å². The minimum Gasteiger partial charge on any atom is -0.391 e. The number of amides is 1. The maximum atomic E-state index is 13.1. The highest BCUT2D eigenvalue weighted by Crippen LogP contribution is 2.43. The Morgan fingerprint density at radius 3 is 1.06 bits per heavy atom. The maximum absolute atomic E-state index is 13.1. The van der Waals surface area contributed by atoms with Crippen molar-refractivity contribution >= 4 is 13.7 Å². The Labute approximate surface area is 518 Å². The summed E-state index contributed by atoms with van der Waals surface area (Å²) >= 11 is 0. The average Bonchev–Trinajstić information content (AvgIpc) is 3.49. The number of nitrogens with zero attached hydrogens (tertiary/aromatic N) is 1. The van der Waals surface area contributed by atoms with Gasteiger partial charge in [-0.1, -0.05) is 358 Å². The van der Waals surface area contributed by atoms with Crippen LogP contribution in [-0.2, 0) is 18.4 Å². The van der Waals surface area contributed by atoms with Gasteiger partial charge < -0.3 is 19.8 Å². The molecule has 1 amide bonds. The highest BCUT2D eigenvalue weighted by atomic mass is 31.2. The lowest BCUT2D eigenvalue weighted by atomic mass is 10.0. The Balaban J connectivity index is 3.87. The first-order chi connectivity index (χ1) is 40.5. The summed E-state index contributed by atoms with van der Waals surface area (Å²) in [5.41, 5.74) is 0. The van der Waals surface area contributed by atoms with E-state index in [0.29, 0.717) is 23.9 Å². The molecule has 0 aromatic carbocycles. The minimum absolute atomic E-state index is 0.0773. The van der Waals surface area contributed by atoms with Gasteiger partial charge >= 0.3 is 7.82 Å². The molecule has 0 radical (unpaired) electrons. The van der Waals surface area contributed by atoms with Crippen LogP contribution in [0.15, 0.2) is 48.6 Å². The zero-order chi connectivity index (χ0) is 60.5.